The summed E-state index contributed by atoms with van der Waals surface area (Å²) in [5, 5.41) is 3.39. The lowest BCUT2D eigenvalue weighted by molar-refractivity contribution is -0.133. The molecule has 0 bridgehead atoms. The van der Waals surface area contributed by atoms with Gasteiger partial charge in [0.15, 0.2) is 0 Å². The Balaban J connectivity index is 1.62. The van der Waals surface area contributed by atoms with E-state index in [1.807, 2.05) is 11.8 Å². The molecule has 19 heavy (non-hydrogen) atoms. The number of carbonyl (C=O) groups is 1. The third-order valence-corrected chi connectivity index (χ3v) is 4.37. The molecule has 0 aromatic heterocycles. The Hall–Kier alpha value is -0.610. The molecule has 110 valence electrons. The monoisotopic (exact) mass is 267 g/mol. The van der Waals surface area contributed by atoms with Crippen LogP contribution in [0.1, 0.15) is 45.4 Å². The van der Waals surface area contributed by atoms with Gasteiger partial charge < -0.3 is 15.1 Å². The van der Waals surface area contributed by atoms with Crippen LogP contribution in [0, 0.1) is 0 Å². The summed E-state index contributed by atoms with van der Waals surface area (Å²) in [5.41, 5.74) is 0. The highest BCUT2D eigenvalue weighted by Crippen LogP contribution is 2.10. The van der Waals surface area contributed by atoms with Gasteiger partial charge in [-0.3, -0.25) is 4.79 Å². The van der Waals surface area contributed by atoms with Crippen LogP contribution in [0.2, 0.25) is 0 Å². The average Bonchev–Trinajstić information content (AvgIpc) is 2.48. The predicted molar refractivity (Wildman–Crippen MR) is 78.2 cm³/mol. The fourth-order valence-corrected chi connectivity index (χ4v) is 3.10. The van der Waals surface area contributed by atoms with Gasteiger partial charge in [-0.05, 0) is 52.1 Å². The van der Waals surface area contributed by atoms with Crippen LogP contribution in [-0.2, 0) is 4.79 Å². The van der Waals surface area contributed by atoms with Crippen molar-refractivity contribution in [3.05, 3.63) is 0 Å². The normalized spacial score (nSPS) is 23.3. The second-order valence-corrected chi connectivity index (χ2v) is 5.96. The van der Waals surface area contributed by atoms with Crippen LogP contribution in [0.15, 0.2) is 0 Å². The van der Waals surface area contributed by atoms with Crippen molar-refractivity contribution in [2.75, 3.05) is 39.3 Å². The van der Waals surface area contributed by atoms with Gasteiger partial charge in [0.2, 0.25) is 5.91 Å². The zero-order valence-electron chi connectivity index (χ0n) is 12.4. The Kier molecular flexibility index (Phi) is 6.11. The zero-order chi connectivity index (χ0) is 13.5. The van der Waals surface area contributed by atoms with Gasteiger partial charge in [0.1, 0.15) is 0 Å². The molecule has 2 aliphatic heterocycles. The summed E-state index contributed by atoms with van der Waals surface area (Å²) < 4.78 is 0. The number of hydrogen-bond acceptors (Lipinski definition) is 3. The summed E-state index contributed by atoms with van der Waals surface area (Å²) in [7, 11) is 0. The van der Waals surface area contributed by atoms with Gasteiger partial charge in [-0.2, -0.15) is 0 Å². The number of hydrogen-bond donors (Lipinski definition) is 1. The maximum Gasteiger partial charge on any atom is 0.239 e. The lowest BCUT2D eigenvalue weighted by Crippen LogP contribution is -2.48. The van der Waals surface area contributed by atoms with Crippen molar-refractivity contribution in [1.82, 2.24) is 15.1 Å². The summed E-state index contributed by atoms with van der Waals surface area (Å²) in [4.78, 5) is 16.8. The largest absolute Gasteiger partial charge is 0.341 e. The molecule has 0 saturated carbocycles. The zero-order valence-corrected chi connectivity index (χ0v) is 12.4. The maximum atomic E-state index is 12.2. The highest BCUT2D eigenvalue weighted by atomic mass is 16.2. The summed E-state index contributed by atoms with van der Waals surface area (Å²) in [6.45, 7) is 8.39. The number of nitrogens with one attached hydrogen (secondary N) is 1. The van der Waals surface area contributed by atoms with Crippen LogP contribution >= 0.6 is 0 Å². The molecule has 2 heterocycles. The van der Waals surface area contributed by atoms with Gasteiger partial charge in [-0.1, -0.05) is 6.42 Å². The first kappa shape index (κ1) is 14.8. The molecular weight excluding hydrogens is 238 g/mol. The number of rotatable bonds is 5. The van der Waals surface area contributed by atoms with Crippen LogP contribution < -0.4 is 5.32 Å². The van der Waals surface area contributed by atoms with Crippen molar-refractivity contribution < 1.29 is 4.79 Å². The van der Waals surface area contributed by atoms with E-state index in [0.29, 0.717) is 5.91 Å². The quantitative estimate of drug-likeness (QED) is 0.819. The number of piperidine rings is 2. The van der Waals surface area contributed by atoms with Gasteiger partial charge in [0.25, 0.3) is 0 Å². The van der Waals surface area contributed by atoms with E-state index in [0.717, 1.165) is 26.2 Å². The fraction of sp³-hybridized carbons (Fsp3) is 0.933. The summed E-state index contributed by atoms with van der Waals surface area (Å²) >= 11 is 0. The molecule has 2 fully saturated rings. The van der Waals surface area contributed by atoms with Gasteiger partial charge in [0, 0.05) is 26.2 Å². The predicted octanol–water partition coefficient (Wildman–Crippen LogP) is 1.46. The molecule has 2 rings (SSSR count). The first-order valence-corrected chi connectivity index (χ1v) is 8.02. The van der Waals surface area contributed by atoms with Crippen LogP contribution in [-0.4, -0.2) is 61.0 Å². The Morgan fingerprint density at radius 2 is 1.58 bits per heavy atom. The minimum atomic E-state index is -0.0251. The van der Waals surface area contributed by atoms with Crippen LogP contribution in [0.3, 0.4) is 0 Å². The highest BCUT2D eigenvalue weighted by Gasteiger charge is 2.21. The second kappa shape index (κ2) is 7.85. The van der Waals surface area contributed by atoms with Crippen molar-refractivity contribution in [2.45, 2.75) is 51.5 Å². The molecule has 4 nitrogen and oxygen atoms in total. The molecule has 1 N–H and O–H groups in total. The van der Waals surface area contributed by atoms with E-state index in [1.165, 1.54) is 51.6 Å². The maximum absolute atomic E-state index is 12.2. The van der Waals surface area contributed by atoms with Crippen molar-refractivity contribution in [1.29, 1.82) is 0 Å². The number of nitrogens with zero attached hydrogens (tertiary/aromatic N) is 2. The third-order valence-electron chi connectivity index (χ3n) is 4.37. The first-order valence-electron chi connectivity index (χ1n) is 8.02. The molecule has 1 atom stereocenters. The Morgan fingerprint density at radius 3 is 2.21 bits per heavy atom. The van der Waals surface area contributed by atoms with E-state index in [-0.39, 0.29) is 6.04 Å². The van der Waals surface area contributed by atoms with Gasteiger partial charge in [-0.15, -0.1) is 0 Å². The molecular formula is C15H29N3O. The molecule has 0 aliphatic carbocycles. The standard InChI is InChI=1S/C15H29N3O/c1-14(15(19)18-11-6-3-7-12-18)16-8-13-17-9-4-2-5-10-17/h14,16H,2-13H2,1H3. The van der Waals surface area contributed by atoms with Gasteiger partial charge >= 0.3 is 0 Å². The first-order chi connectivity index (χ1) is 9.27. The van der Waals surface area contributed by atoms with Gasteiger partial charge in [-0.25, -0.2) is 0 Å². The van der Waals surface area contributed by atoms with Crippen LogP contribution in [0.4, 0.5) is 0 Å². The van der Waals surface area contributed by atoms with Crippen molar-refractivity contribution >= 4 is 5.91 Å². The van der Waals surface area contributed by atoms with E-state index in [4.69, 9.17) is 0 Å². The lowest BCUT2D eigenvalue weighted by atomic mass is 10.1. The Labute approximate surface area is 117 Å². The van der Waals surface area contributed by atoms with Crippen molar-refractivity contribution in [2.24, 2.45) is 0 Å². The van der Waals surface area contributed by atoms with E-state index in [9.17, 15) is 4.79 Å². The molecule has 0 spiro atoms. The SMILES string of the molecule is CC(NCCN1CCCCC1)C(=O)N1CCCCC1. The molecule has 0 aromatic rings. The fourth-order valence-electron chi connectivity index (χ4n) is 3.10. The van der Waals surface area contributed by atoms with Crippen molar-refractivity contribution in [3.63, 3.8) is 0 Å². The third kappa shape index (κ3) is 4.77. The Bertz CT molecular complexity index is 271. The Morgan fingerprint density at radius 1 is 1.00 bits per heavy atom. The van der Waals surface area contributed by atoms with Crippen LogP contribution in [0.5, 0.6) is 0 Å². The molecule has 0 radical (unpaired) electrons. The van der Waals surface area contributed by atoms with Crippen molar-refractivity contribution in [3.8, 4) is 0 Å². The molecule has 0 aromatic carbocycles. The summed E-state index contributed by atoms with van der Waals surface area (Å²) in [6.07, 6.45) is 7.68. The molecule has 1 amide bonds. The summed E-state index contributed by atoms with van der Waals surface area (Å²) in [6, 6.07) is -0.0251. The average molecular weight is 267 g/mol. The lowest BCUT2D eigenvalue weighted by Gasteiger charge is -2.30. The van der Waals surface area contributed by atoms with E-state index < -0.39 is 0 Å². The summed E-state index contributed by atoms with van der Waals surface area (Å²) in [5.74, 6) is 0.290. The van der Waals surface area contributed by atoms with E-state index in [2.05, 4.69) is 10.2 Å². The topological polar surface area (TPSA) is 35.6 Å². The molecule has 2 aliphatic rings. The minimum Gasteiger partial charge on any atom is -0.341 e. The minimum absolute atomic E-state index is 0.0251. The van der Waals surface area contributed by atoms with E-state index >= 15 is 0 Å². The smallest absolute Gasteiger partial charge is 0.239 e. The number of likely N-dealkylation sites (tertiary alicyclic amines) is 2. The molecule has 4 heteroatoms. The van der Waals surface area contributed by atoms with E-state index in [1.54, 1.807) is 0 Å². The molecule has 2 saturated heterocycles. The molecule has 1 unspecified atom stereocenters. The highest BCUT2D eigenvalue weighted by molar-refractivity contribution is 5.81. The van der Waals surface area contributed by atoms with Gasteiger partial charge in [0.05, 0.1) is 6.04 Å². The number of amides is 1. The number of carbonyl (C=O) groups excluding carboxylic acids is 1. The van der Waals surface area contributed by atoms with Crippen LogP contribution in [0.25, 0.3) is 0 Å². The second-order valence-electron chi connectivity index (χ2n) is 5.96.